The highest BCUT2D eigenvalue weighted by atomic mass is 32.2. The fourth-order valence-corrected chi connectivity index (χ4v) is 3.18. The average molecular weight is 298 g/mol. The fraction of sp³-hybridized carbons (Fsp3) is 0.500. The molecule has 0 aromatic carbocycles. The van der Waals surface area contributed by atoms with E-state index in [1.54, 1.807) is 23.1 Å². The SMILES string of the molecule is c1csc(Cc2nnc(SCCC3OCCO3)o2)c1. The van der Waals surface area contributed by atoms with Gasteiger partial charge in [-0.25, -0.2) is 0 Å². The highest BCUT2D eigenvalue weighted by molar-refractivity contribution is 7.99. The lowest BCUT2D eigenvalue weighted by atomic mass is 10.3. The van der Waals surface area contributed by atoms with Crippen molar-refractivity contribution in [1.29, 1.82) is 0 Å². The van der Waals surface area contributed by atoms with Crippen LogP contribution < -0.4 is 0 Å². The lowest BCUT2D eigenvalue weighted by molar-refractivity contribution is -0.0421. The summed E-state index contributed by atoms with van der Waals surface area (Å²) in [6, 6.07) is 4.09. The third kappa shape index (κ3) is 3.79. The molecule has 1 fully saturated rings. The van der Waals surface area contributed by atoms with Crippen molar-refractivity contribution in [2.75, 3.05) is 19.0 Å². The molecule has 3 heterocycles. The van der Waals surface area contributed by atoms with E-state index in [0.717, 1.165) is 12.2 Å². The monoisotopic (exact) mass is 298 g/mol. The Morgan fingerprint density at radius 3 is 3.00 bits per heavy atom. The lowest BCUT2D eigenvalue weighted by Gasteiger charge is -2.06. The van der Waals surface area contributed by atoms with Gasteiger partial charge in [-0.3, -0.25) is 0 Å². The first-order chi connectivity index (χ1) is 9.40. The number of hydrogen-bond donors (Lipinski definition) is 0. The van der Waals surface area contributed by atoms with Gasteiger partial charge in [0, 0.05) is 17.1 Å². The van der Waals surface area contributed by atoms with Crippen molar-refractivity contribution in [3.8, 4) is 0 Å². The van der Waals surface area contributed by atoms with Crippen LogP contribution in [-0.2, 0) is 15.9 Å². The predicted molar refractivity (Wildman–Crippen MR) is 72.5 cm³/mol. The van der Waals surface area contributed by atoms with Crippen LogP contribution in [0.2, 0.25) is 0 Å². The quantitative estimate of drug-likeness (QED) is 0.764. The Morgan fingerprint density at radius 1 is 1.32 bits per heavy atom. The largest absolute Gasteiger partial charge is 0.416 e. The molecule has 0 saturated carbocycles. The molecule has 1 saturated heterocycles. The molecule has 0 radical (unpaired) electrons. The number of thiophene rings is 1. The van der Waals surface area contributed by atoms with Gasteiger partial charge < -0.3 is 13.9 Å². The smallest absolute Gasteiger partial charge is 0.276 e. The second-order valence-electron chi connectivity index (χ2n) is 4.03. The van der Waals surface area contributed by atoms with Gasteiger partial charge in [-0.2, -0.15) is 0 Å². The molecule has 0 atom stereocenters. The minimum Gasteiger partial charge on any atom is -0.416 e. The van der Waals surface area contributed by atoms with E-state index in [0.29, 0.717) is 30.7 Å². The van der Waals surface area contributed by atoms with Crippen molar-refractivity contribution < 1.29 is 13.9 Å². The standard InChI is InChI=1S/C12H14N2O3S2/c1-2-9(18-6-1)8-10-13-14-12(17-10)19-7-3-11-15-4-5-16-11/h1-2,6,11H,3-5,7-8H2. The van der Waals surface area contributed by atoms with Gasteiger partial charge in [0.05, 0.1) is 19.6 Å². The van der Waals surface area contributed by atoms with E-state index in [4.69, 9.17) is 13.9 Å². The van der Waals surface area contributed by atoms with Crippen LogP contribution in [0.3, 0.4) is 0 Å². The van der Waals surface area contributed by atoms with Crippen molar-refractivity contribution in [1.82, 2.24) is 10.2 Å². The maximum atomic E-state index is 5.59. The predicted octanol–water partition coefficient (Wildman–Crippen LogP) is 2.58. The number of nitrogens with zero attached hydrogens (tertiary/aromatic N) is 2. The fourth-order valence-electron chi connectivity index (χ4n) is 1.75. The van der Waals surface area contributed by atoms with E-state index in [-0.39, 0.29) is 6.29 Å². The Kier molecular flexibility index (Phi) is 4.49. The van der Waals surface area contributed by atoms with Gasteiger partial charge >= 0.3 is 0 Å². The molecule has 0 spiro atoms. The molecule has 7 heteroatoms. The van der Waals surface area contributed by atoms with Gasteiger partial charge in [-0.1, -0.05) is 17.8 Å². The van der Waals surface area contributed by atoms with Crippen molar-refractivity contribution >= 4 is 23.1 Å². The minimum absolute atomic E-state index is 0.0685. The van der Waals surface area contributed by atoms with E-state index in [2.05, 4.69) is 16.3 Å². The highest BCUT2D eigenvalue weighted by Crippen LogP contribution is 2.21. The van der Waals surface area contributed by atoms with E-state index in [1.165, 1.54) is 4.88 Å². The first-order valence-corrected chi connectivity index (χ1v) is 7.97. The molecule has 1 aliphatic heterocycles. The van der Waals surface area contributed by atoms with E-state index < -0.39 is 0 Å². The Balaban J connectivity index is 1.45. The van der Waals surface area contributed by atoms with Crippen LogP contribution in [0.15, 0.2) is 27.2 Å². The number of hydrogen-bond acceptors (Lipinski definition) is 7. The topological polar surface area (TPSA) is 57.4 Å². The van der Waals surface area contributed by atoms with Gasteiger partial charge in [0.15, 0.2) is 6.29 Å². The molecule has 3 rings (SSSR count). The van der Waals surface area contributed by atoms with E-state index in [9.17, 15) is 0 Å². The molecule has 0 N–H and O–H groups in total. The van der Waals surface area contributed by atoms with Crippen LogP contribution >= 0.6 is 23.1 Å². The van der Waals surface area contributed by atoms with Gasteiger partial charge in [-0.15, -0.1) is 21.5 Å². The summed E-state index contributed by atoms with van der Waals surface area (Å²) in [5.41, 5.74) is 0. The molecule has 0 amide bonds. The summed E-state index contributed by atoms with van der Waals surface area (Å²) in [5.74, 6) is 1.52. The van der Waals surface area contributed by atoms with Crippen molar-refractivity contribution in [2.45, 2.75) is 24.4 Å². The number of ether oxygens (including phenoxy) is 2. The summed E-state index contributed by atoms with van der Waals surface area (Å²) < 4.78 is 16.3. The molecule has 2 aromatic rings. The van der Waals surface area contributed by atoms with Crippen LogP contribution in [0.25, 0.3) is 0 Å². The number of thioether (sulfide) groups is 1. The summed E-state index contributed by atoms with van der Waals surface area (Å²) in [6.07, 6.45) is 1.48. The summed E-state index contributed by atoms with van der Waals surface area (Å²) in [5, 5.41) is 10.7. The molecule has 1 aliphatic rings. The van der Waals surface area contributed by atoms with Crippen molar-refractivity contribution in [2.24, 2.45) is 0 Å². The maximum absolute atomic E-state index is 5.59. The van der Waals surface area contributed by atoms with Gasteiger partial charge in [-0.05, 0) is 11.4 Å². The minimum atomic E-state index is -0.0685. The zero-order chi connectivity index (χ0) is 12.9. The van der Waals surface area contributed by atoms with Crippen LogP contribution in [0, 0.1) is 0 Å². The summed E-state index contributed by atoms with van der Waals surface area (Å²) in [4.78, 5) is 1.23. The van der Waals surface area contributed by atoms with Crippen LogP contribution in [0.1, 0.15) is 17.2 Å². The third-order valence-corrected chi connectivity index (χ3v) is 4.35. The number of rotatable bonds is 6. The third-order valence-electron chi connectivity index (χ3n) is 2.62. The van der Waals surface area contributed by atoms with Crippen LogP contribution in [-0.4, -0.2) is 35.5 Å². The molecule has 2 aromatic heterocycles. The molecule has 5 nitrogen and oxygen atoms in total. The molecular weight excluding hydrogens is 284 g/mol. The summed E-state index contributed by atoms with van der Waals surface area (Å²) in [7, 11) is 0. The number of aromatic nitrogens is 2. The molecule has 19 heavy (non-hydrogen) atoms. The zero-order valence-corrected chi connectivity index (χ0v) is 11.9. The first kappa shape index (κ1) is 13.1. The molecule has 0 bridgehead atoms. The van der Waals surface area contributed by atoms with Gasteiger partial charge in [0.1, 0.15) is 0 Å². The zero-order valence-electron chi connectivity index (χ0n) is 10.3. The Morgan fingerprint density at radius 2 is 2.21 bits per heavy atom. The summed E-state index contributed by atoms with van der Waals surface area (Å²) >= 11 is 3.24. The van der Waals surface area contributed by atoms with E-state index in [1.807, 2.05) is 11.4 Å². The highest BCUT2D eigenvalue weighted by Gasteiger charge is 2.16. The first-order valence-electron chi connectivity index (χ1n) is 6.11. The molecule has 0 aliphatic carbocycles. The Bertz CT molecular complexity index is 495. The molecule has 0 unspecified atom stereocenters. The normalized spacial score (nSPS) is 16.2. The van der Waals surface area contributed by atoms with Gasteiger partial charge in [0.25, 0.3) is 5.22 Å². The average Bonchev–Trinajstić information content (AvgIpc) is 3.12. The van der Waals surface area contributed by atoms with E-state index >= 15 is 0 Å². The second-order valence-corrected chi connectivity index (χ2v) is 6.10. The molecule has 102 valence electrons. The van der Waals surface area contributed by atoms with Crippen LogP contribution in [0.5, 0.6) is 0 Å². The van der Waals surface area contributed by atoms with Crippen molar-refractivity contribution in [3.05, 3.63) is 28.3 Å². The summed E-state index contributed by atoms with van der Waals surface area (Å²) in [6.45, 7) is 1.39. The van der Waals surface area contributed by atoms with Gasteiger partial charge in [0.2, 0.25) is 5.89 Å². The Hall–Kier alpha value is -0.890. The molecular formula is C12H14N2O3S2. The maximum Gasteiger partial charge on any atom is 0.276 e. The van der Waals surface area contributed by atoms with Crippen LogP contribution in [0.4, 0.5) is 0 Å². The lowest BCUT2D eigenvalue weighted by Crippen LogP contribution is -2.08. The second kappa shape index (κ2) is 6.51. The Labute approximate surface area is 119 Å². The van der Waals surface area contributed by atoms with Crippen molar-refractivity contribution in [3.63, 3.8) is 0 Å².